The molecule has 0 saturated heterocycles. The molecule has 0 bridgehead atoms. The lowest BCUT2D eigenvalue weighted by atomic mass is 10.1. The number of carbonyl (C=O) groups is 1. The Balaban J connectivity index is 1.95. The van der Waals surface area contributed by atoms with Crippen LogP contribution in [0.25, 0.3) is 10.1 Å². The number of pyridine rings is 1. The van der Waals surface area contributed by atoms with Crippen LogP contribution in [0.1, 0.15) is 21.5 Å². The predicted octanol–water partition coefficient (Wildman–Crippen LogP) is 2.89. The van der Waals surface area contributed by atoms with Crippen molar-refractivity contribution in [3.05, 3.63) is 52.5 Å². The number of nitriles is 1. The molecule has 1 amide bonds. The van der Waals surface area contributed by atoms with Crippen molar-refractivity contribution in [1.82, 2.24) is 4.98 Å². The van der Waals surface area contributed by atoms with Gasteiger partial charge in [-0.1, -0.05) is 12.1 Å². The number of amides is 1. The molecule has 3 rings (SSSR count). The topological polar surface area (TPSA) is 101 Å². The van der Waals surface area contributed by atoms with E-state index >= 15 is 0 Å². The van der Waals surface area contributed by atoms with E-state index in [1.165, 1.54) is 17.5 Å². The Kier molecular flexibility index (Phi) is 4.31. The Labute approximate surface area is 142 Å². The summed E-state index contributed by atoms with van der Waals surface area (Å²) in [4.78, 5) is 15.9. The minimum atomic E-state index is -0.536. The van der Waals surface area contributed by atoms with E-state index in [1.807, 2.05) is 24.3 Å². The van der Waals surface area contributed by atoms with Gasteiger partial charge in [-0.2, -0.15) is 5.26 Å². The molecule has 2 heterocycles. The Morgan fingerprint density at radius 2 is 2.17 bits per heavy atom. The van der Waals surface area contributed by atoms with Gasteiger partial charge in [-0.25, -0.2) is 4.98 Å². The van der Waals surface area contributed by atoms with Gasteiger partial charge in [0.2, 0.25) is 5.91 Å². The number of nitrogens with two attached hydrogens (primary N) is 1. The molecular weight excluding hydrogens is 324 g/mol. The molecule has 0 aliphatic rings. The normalized spacial score (nSPS) is 10.3. The van der Waals surface area contributed by atoms with Crippen molar-refractivity contribution in [3.63, 3.8) is 0 Å². The third kappa shape index (κ3) is 2.87. The molecule has 6 nitrogen and oxygen atoms in total. The highest BCUT2D eigenvalue weighted by Gasteiger charge is 2.17. The number of ether oxygens (including phenoxy) is 1. The van der Waals surface area contributed by atoms with E-state index in [0.717, 1.165) is 11.3 Å². The largest absolute Gasteiger partial charge is 0.497 e. The Bertz CT molecular complexity index is 942. The zero-order valence-electron chi connectivity index (χ0n) is 12.9. The summed E-state index contributed by atoms with van der Waals surface area (Å²) in [6.45, 7) is 0.520. The summed E-state index contributed by atoms with van der Waals surface area (Å²) in [5.41, 5.74) is 7.27. The molecule has 0 atom stereocenters. The first-order valence-corrected chi connectivity index (χ1v) is 7.99. The predicted molar refractivity (Wildman–Crippen MR) is 93.2 cm³/mol. The molecule has 0 aliphatic carbocycles. The van der Waals surface area contributed by atoms with E-state index in [4.69, 9.17) is 10.5 Å². The first kappa shape index (κ1) is 15.8. The molecule has 120 valence electrons. The highest BCUT2D eigenvalue weighted by atomic mass is 32.1. The second-order valence-electron chi connectivity index (χ2n) is 5.05. The van der Waals surface area contributed by atoms with Gasteiger partial charge in [0, 0.05) is 23.5 Å². The molecule has 2 aromatic heterocycles. The average molecular weight is 338 g/mol. The summed E-state index contributed by atoms with van der Waals surface area (Å²) in [5.74, 6) is 0.784. The number of methoxy groups -OCH3 is 1. The maximum absolute atomic E-state index is 11.6. The van der Waals surface area contributed by atoms with E-state index in [9.17, 15) is 10.1 Å². The van der Waals surface area contributed by atoms with E-state index in [0.29, 0.717) is 33.6 Å². The van der Waals surface area contributed by atoms with Crippen LogP contribution in [0.15, 0.2) is 35.8 Å². The van der Waals surface area contributed by atoms with Crippen LogP contribution in [0, 0.1) is 11.3 Å². The molecule has 0 saturated carbocycles. The van der Waals surface area contributed by atoms with Crippen LogP contribution in [-0.2, 0) is 6.54 Å². The smallest absolute Gasteiger partial charge is 0.250 e. The van der Waals surface area contributed by atoms with Crippen LogP contribution >= 0.6 is 11.3 Å². The van der Waals surface area contributed by atoms with Gasteiger partial charge in [0.25, 0.3) is 0 Å². The van der Waals surface area contributed by atoms with E-state index in [2.05, 4.69) is 16.4 Å². The second kappa shape index (κ2) is 6.56. The van der Waals surface area contributed by atoms with Crippen LogP contribution in [0.3, 0.4) is 0 Å². The molecule has 0 fully saturated rings. The molecule has 7 heteroatoms. The van der Waals surface area contributed by atoms with Crippen molar-refractivity contribution in [3.8, 4) is 11.8 Å². The highest BCUT2D eigenvalue weighted by molar-refractivity contribution is 7.18. The molecule has 0 radical (unpaired) electrons. The van der Waals surface area contributed by atoms with Crippen molar-refractivity contribution >= 4 is 33.1 Å². The van der Waals surface area contributed by atoms with Gasteiger partial charge in [0.05, 0.1) is 22.9 Å². The van der Waals surface area contributed by atoms with Gasteiger partial charge in [-0.15, -0.1) is 11.3 Å². The molecule has 0 unspecified atom stereocenters. The Hall–Kier alpha value is -3.11. The van der Waals surface area contributed by atoms with Crippen molar-refractivity contribution in [2.75, 3.05) is 12.4 Å². The maximum atomic E-state index is 11.6. The lowest BCUT2D eigenvalue weighted by Crippen LogP contribution is -2.11. The summed E-state index contributed by atoms with van der Waals surface area (Å²) in [6.07, 6.45) is 1.50. The van der Waals surface area contributed by atoms with Crippen LogP contribution in [0.5, 0.6) is 5.75 Å². The minimum Gasteiger partial charge on any atom is -0.497 e. The number of nitrogens with one attached hydrogen (secondary N) is 1. The number of thiophene rings is 1. The van der Waals surface area contributed by atoms with Crippen LogP contribution in [0.2, 0.25) is 0 Å². The molecule has 3 N–H and O–H groups in total. The van der Waals surface area contributed by atoms with Crippen molar-refractivity contribution in [2.24, 2.45) is 5.73 Å². The third-order valence-electron chi connectivity index (χ3n) is 3.60. The lowest BCUT2D eigenvalue weighted by Gasteiger charge is -2.09. The standard InChI is InChI=1S/C17H14N4O2S/c1-23-12-4-2-10(3-5-12)7-20-17-14-13(16(19)22)9-24-15(14)11(6-18)8-21-17/h2-5,8-9H,7H2,1H3,(H2,19,22)(H,20,21). The van der Waals surface area contributed by atoms with Crippen LogP contribution in [0.4, 0.5) is 5.82 Å². The zero-order valence-corrected chi connectivity index (χ0v) is 13.7. The average Bonchev–Trinajstić information content (AvgIpc) is 3.06. The highest BCUT2D eigenvalue weighted by Crippen LogP contribution is 2.33. The number of fused-ring (bicyclic) bond motifs is 1. The van der Waals surface area contributed by atoms with Crippen molar-refractivity contribution in [2.45, 2.75) is 6.54 Å². The fourth-order valence-electron chi connectivity index (χ4n) is 2.37. The number of anilines is 1. The van der Waals surface area contributed by atoms with Crippen LogP contribution < -0.4 is 15.8 Å². The summed E-state index contributed by atoms with van der Waals surface area (Å²) in [5, 5.41) is 14.7. The number of primary amides is 1. The van der Waals surface area contributed by atoms with Gasteiger partial charge in [-0.05, 0) is 17.7 Å². The third-order valence-corrected chi connectivity index (χ3v) is 4.61. The number of hydrogen-bond acceptors (Lipinski definition) is 6. The SMILES string of the molecule is COc1ccc(CNc2ncc(C#N)c3scc(C(N)=O)c23)cc1. The van der Waals surface area contributed by atoms with Gasteiger partial charge in [0.1, 0.15) is 17.6 Å². The number of hydrogen-bond donors (Lipinski definition) is 2. The molecule has 24 heavy (non-hydrogen) atoms. The van der Waals surface area contributed by atoms with Gasteiger partial charge in [-0.3, -0.25) is 4.79 Å². The minimum absolute atomic E-state index is 0.372. The fraction of sp³-hybridized carbons (Fsp3) is 0.118. The number of benzene rings is 1. The Morgan fingerprint density at radius 3 is 2.79 bits per heavy atom. The molecule has 0 aliphatic heterocycles. The number of aromatic nitrogens is 1. The summed E-state index contributed by atoms with van der Waals surface area (Å²) < 4.78 is 5.84. The lowest BCUT2D eigenvalue weighted by molar-refractivity contribution is 0.100. The van der Waals surface area contributed by atoms with Gasteiger partial charge >= 0.3 is 0 Å². The molecule has 3 aromatic rings. The van der Waals surface area contributed by atoms with E-state index in [1.54, 1.807) is 12.5 Å². The molecule has 0 spiro atoms. The number of rotatable bonds is 5. The van der Waals surface area contributed by atoms with E-state index < -0.39 is 5.91 Å². The molecule has 1 aromatic carbocycles. The quantitative estimate of drug-likeness (QED) is 0.745. The summed E-state index contributed by atoms with van der Waals surface area (Å²) in [7, 11) is 1.62. The van der Waals surface area contributed by atoms with Gasteiger partial charge in [0.15, 0.2) is 0 Å². The summed E-state index contributed by atoms with van der Waals surface area (Å²) >= 11 is 1.31. The van der Waals surface area contributed by atoms with Gasteiger partial charge < -0.3 is 15.8 Å². The second-order valence-corrected chi connectivity index (χ2v) is 5.93. The number of nitrogens with zero attached hydrogens (tertiary/aromatic N) is 2. The van der Waals surface area contributed by atoms with Crippen LogP contribution in [-0.4, -0.2) is 18.0 Å². The summed E-state index contributed by atoms with van der Waals surface area (Å²) in [6, 6.07) is 9.72. The zero-order chi connectivity index (χ0) is 17.1. The Morgan fingerprint density at radius 1 is 1.42 bits per heavy atom. The molecular formula is C17H14N4O2S. The van der Waals surface area contributed by atoms with E-state index in [-0.39, 0.29) is 0 Å². The van der Waals surface area contributed by atoms with Crippen molar-refractivity contribution in [1.29, 1.82) is 5.26 Å². The maximum Gasteiger partial charge on any atom is 0.250 e. The monoisotopic (exact) mass is 338 g/mol. The van der Waals surface area contributed by atoms with Crippen molar-refractivity contribution < 1.29 is 9.53 Å². The first-order chi connectivity index (χ1) is 11.6. The number of carbonyl (C=O) groups excluding carboxylic acids is 1. The first-order valence-electron chi connectivity index (χ1n) is 7.11. The fourth-order valence-corrected chi connectivity index (χ4v) is 3.39.